The number of ether oxygens (including phenoxy) is 1. The van der Waals surface area contributed by atoms with E-state index in [9.17, 15) is 9.59 Å². The van der Waals surface area contributed by atoms with E-state index in [0.717, 1.165) is 12.8 Å². The Morgan fingerprint density at radius 1 is 1.29 bits per heavy atom. The van der Waals surface area contributed by atoms with E-state index in [4.69, 9.17) is 4.74 Å². The fourth-order valence-electron chi connectivity index (χ4n) is 1.42. The van der Waals surface area contributed by atoms with E-state index in [0.29, 0.717) is 26.1 Å². The molecule has 0 fully saturated rings. The minimum Gasteiger partial charge on any atom is -0.466 e. The van der Waals surface area contributed by atoms with Crippen LogP contribution in [0.1, 0.15) is 39.5 Å². The highest BCUT2D eigenvalue weighted by Gasteiger charge is 2.13. The van der Waals surface area contributed by atoms with E-state index in [-0.39, 0.29) is 18.3 Å². The lowest BCUT2D eigenvalue weighted by atomic mass is 10.2. The molecule has 0 aromatic heterocycles. The number of carbonyl (C=O) groups is 2. The Labute approximate surface area is 104 Å². The Kier molecular flexibility index (Phi) is 9.11. The van der Waals surface area contributed by atoms with Crippen LogP contribution in [0.4, 0.5) is 0 Å². The van der Waals surface area contributed by atoms with Crippen molar-refractivity contribution in [3.05, 3.63) is 12.7 Å². The van der Waals surface area contributed by atoms with E-state index < -0.39 is 0 Å². The Bertz CT molecular complexity index is 251. The zero-order valence-corrected chi connectivity index (χ0v) is 10.9. The Hall–Kier alpha value is -1.32. The largest absolute Gasteiger partial charge is 0.466 e. The molecule has 0 unspecified atom stereocenters. The maximum absolute atomic E-state index is 11.8. The van der Waals surface area contributed by atoms with Gasteiger partial charge in [0, 0.05) is 19.5 Å². The molecule has 0 N–H and O–H groups in total. The molecule has 0 aliphatic heterocycles. The van der Waals surface area contributed by atoms with Gasteiger partial charge in [-0.1, -0.05) is 19.4 Å². The van der Waals surface area contributed by atoms with Crippen LogP contribution in [0.15, 0.2) is 12.7 Å². The van der Waals surface area contributed by atoms with Crippen molar-refractivity contribution < 1.29 is 14.3 Å². The van der Waals surface area contributed by atoms with Crippen LogP contribution in [-0.2, 0) is 14.3 Å². The molecule has 17 heavy (non-hydrogen) atoms. The zero-order valence-electron chi connectivity index (χ0n) is 10.9. The Balaban J connectivity index is 4.08. The van der Waals surface area contributed by atoms with Gasteiger partial charge in [0.25, 0.3) is 0 Å². The molecule has 4 heteroatoms. The third-order valence-electron chi connectivity index (χ3n) is 2.34. The molecule has 0 atom stereocenters. The highest BCUT2D eigenvalue weighted by Crippen LogP contribution is 2.02. The summed E-state index contributed by atoms with van der Waals surface area (Å²) in [5.74, 6) is -0.180. The zero-order chi connectivity index (χ0) is 13.1. The van der Waals surface area contributed by atoms with Crippen molar-refractivity contribution >= 4 is 11.9 Å². The topological polar surface area (TPSA) is 46.6 Å². The van der Waals surface area contributed by atoms with Crippen LogP contribution in [0.2, 0.25) is 0 Å². The summed E-state index contributed by atoms with van der Waals surface area (Å²) in [4.78, 5) is 24.6. The molecule has 4 nitrogen and oxygen atoms in total. The number of carbonyl (C=O) groups excluding carboxylic acids is 2. The second kappa shape index (κ2) is 9.87. The molecule has 0 saturated heterocycles. The van der Waals surface area contributed by atoms with Crippen LogP contribution in [-0.4, -0.2) is 36.5 Å². The summed E-state index contributed by atoms with van der Waals surface area (Å²) >= 11 is 0. The highest BCUT2D eigenvalue weighted by atomic mass is 16.5. The average Bonchev–Trinajstić information content (AvgIpc) is 2.31. The lowest BCUT2D eigenvalue weighted by molar-refractivity contribution is -0.144. The van der Waals surface area contributed by atoms with Gasteiger partial charge in [-0.15, -0.1) is 6.58 Å². The first-order valence-electron chi connectivity index (χ1n) is 6.19. The molecule has 1 amide bonds. The maximum Gasteiger partial charge on any atom is 0.307 e. The van der Waals surface area contributed by atoms with Crippen LogP contribution >= 0.6 is 0 Å². The predicted molar refractivity (Wildman–Crippen MR) is 67.6 cm³/mol. The molecule has 0 radical (unpaired) electrons. The number of nitrogens with zero attached hydrogens (tertiary/aromatic N) is 1. The average molecular weight is 241 g/mol. The number of hydrogen-bond donors (Lipinski definition) is 0. The summed E-state index contributed by atoms with van der Waals surface area (Å²) in [5, 5.41) is 0. The van der Waals surface area contributed by atoms with E-state index in [1.807, 2.05) is 6.92 Å². The first-order valence-corrected chi connectivity index (χ1v) is 6.19. The van der Waals surface area contributed by atoms with Crippen molar-refractivity contribution in [2.45, 2.75) is 39.5 Å². The third kappa shape index (κ3) is 7.55. The van der Waals surface area contributed by atoms with Gasteiger partial charge in [0.2, 0.25) is 5.91 Å². The fraction of sp³-hybridized carbons (Fsp3) is 0.692. The summed E-state index contributed by atoms with van der Waals surface area (Å²) in [6.45, 7) is 8.71. The minimum absolute atomic E-state index is 0.0797. The number of esters is 1. The lowest BCUT2D eigenvalue weighted by Crippen LogP contribution is -2.33. The molecule has 0 aromatic rings. The Morgan fingerprint density at radius 3 is 2.53 bits per heavy atom. The van der Waals surface area contributed by atoms with Crippen molar-refractivity contribution in [2.75, 3.05) is 19.7 Å². The van der Waals surface area contributed by atoms with Crippen molar-refractivity contribution in [2.24, 2.45) is 0 Å². The molecule has 0 aromatic carbocycles. The summed E-state index contributed by atoms with van der Waals surface area (Å²) in [7, 11) is 0. The minimum atomic E-state index is -0.259. The second-order valence-electron chi connectivity index (χ2n) is 3.79. The van der Waals surface area contributed by atoms with E-state index >= 15 is 0 Å². The molecule has 0 aliphatic carbocycles. The van der Waals surface area contributed by atoms with Crippen LogP contribution in [0, 0.1) is 0 Å². The number of unbranched alkanes of at least 4 members (excludes halogenated alkanes) is 1. The van der Waals surface area contributed by atoms with Gasteiger partial charge in [-0.2, -0.15) is 0 Å². The maximum atomic E-state index is 11.8. The van der Waals surface area contributed by atoms with E-state index in [2.05, 4.69) is 6.58 Å². The van der Waals surface area contributed by atoms with Crippen LogP contribution in [0.3, 0.4) is 0 Å². The summed E-state index contributed by atoms with van der Waals surface area (Å²) in [5.41, 5.74) is 0. The smallest absolute Gasteiger partial charge is 0.307 e. The molecular formula is C13H23NO3. The van der Waals surface area contributed by atoms with Crippen molar-refractivity contribution in [3.63, 3.8) is 0 Å². The first kappa shape index (κ1) is 15.7. The van der Waals surface area contributed by atoms with Gasteiger partial charge in [0.05, 0.1) is 13.0 Å². The van der Waals surface area contributed by atoms with Gasteiger partial charge >= 0.3 is 5.97 Å². The van der Waals surface area contributed by atoms with Crippen LogP contribution in [0.25, 0.3) is 0 Å². The van der Waals surface area contributed by atoms with Crippen LogP contribution in [0.5, 0.6) is 0 Å². The number of rotatable bonds is 9. The summed E-state index contributed by atoms with van der Waals surface area (Å²) in [6.07, 6.45) is 4.33. The summed E-state index contributed by atoms with van der Waals surface area (Å²) < 4.78 is 4.83. The van der Waals surface area contributed by atoms with Crippen molar-refractivity contribution in [1.82, 2.24) is 4.90 Å². The monoisotopic (exact) mass is 241 g/mol. The molecule has 0 rings (SSSR count). The van der Waals surface area contributed by atoms with Gasteiger partial charge in [0.1, 0.15) is 0 Å². The van der Waals surface area contributed by atoms with Gasteiger partial charge in [0.15, 0.2) is 0 Å². The highest BCUT2D eigenvalue weighted by molar-refractivity contribution is 5.77. The van der Waals surface area contributed by atoms with Crippen molar-refractivity contribution in [1.29, 1.82) is 0 Å². The van der Waals surface area contributed by atoms with E-state index in [1.165, 1.54) is 0 Å². The van der Waals surface area contributed by atoms with Crippen LogP contribution < -0.4 is 0 Å². The molecule has 0 saturated carbocycles. The first-order chi connectivity index (χ1) is 8.15. The number of hydrogen-bond acceptors (Lipinski definition) is 3. The molecule has 0 bridgehead atoms. The third-order valence-corrected chi connectivity index (χ3v) is 2.34. The van der Waals surface area contributed by atoms with Gasteiger partial charge in [-0.25, -0.2) is 0 Å². The molecule has 98 valence electrons. The van der Waals surface area contributed by atoms with Gasteiger partial charge in [-0.05, 0) is 13.3 Å². The fourth-order valence-corrected chi connectivity index (χ4v) is 1.42. The lowest BCUT2D eigenvalue weighted by Gasteiger charge is -2.20. The predicted octanol–water partition coefficient (Wildman–Crippen LogP) is 2.14. The molecule has 0 aliphatic rings. The molecule has 0 spiro atoms. The SMILES string of the molecule is C=CCN(CCC(=O)OCC)C(=O)CCCC. The Morgan fingerprint density at radius 2 is 2.00 bits per heavy atom. The second-order valence-corrected chi connectivity index (χ2v) is 3.79. The normalized spacial score (nSPS) is 9.76. The quantitative estimate of drug-likeness (QED) is 0.459. The summed E-state index contributed by atoms with van der Waals surface area (Å²) in [6, 6.07) is 0. The molecular weight excluding hydrogens is 218 g/mol. The molecule has 0 heterocycles. The van der Waals surface area contributed by atoms with Gasteiger partial charge in [-0.3, -0.25) is 9.59 Å². The standard InChI is InChI=1S/C13H23NO3/c1-4-7-8-12(15)14(10-5-2)11-9-13(16)17-6-3/h5H,2,4,6-11H2,1,3H3. The van der Waals surface area contributed by atoms with E-state index in [1.54, 1.807) is 17.9 Å². The van der Waals surface area contributed by atoms with Crippen molar-refractivity contribution in [3.8, 4) is 0 Å². The van der Waals surface area contributed by atoms with Gasteiger partial charge < -0.3 is 9.64 Å². The number of amides is 1.